The summed E-state index contributed by atoms with van der Waals surface area (Å²) in [7, 11) is 0. The number of hydrogen-bond donors (Lipinski definition) is 2. The van der Waals surface area contributed by atoms with Crippen molar-refractivity contribution in [1.82, 2.24) is 10.2 Å². The second-order valence-corrected chi connectivity index (χ2v) is 2.41. The van der Waals surface area contributed by atoms with Gasteiger partial charge in [-0.3, -0.25) is 5.10 Å². The Bertz CT molecular complexity index is 280. The second-order valence-electron chi connectivity index (χ2n) is 2.41. The van der Waals surface area contributed by atoms with Crippen molar-refractivity contribution >= 4 is 0 Å². The lowest BCUT2D eigenvalue weighted by Crippen LogP contribution is -2.08. The lowest BCUT2D eigenvalue weighted by atomic mass is 10.2. The van der Waals surface area contributed by atoms with Crippen LogP contribution in [0.25, 0.3) is 0 Å². The zero-order valence-electron chi connectivity index (χ0n) is 6.40. The van der Waals surface area contributed by atoms with E-state index in [1.165, 1.54) is 0 Å². The van der Waals surface area contributed by atoms with Crippen LogP contribution in [0.5, 0.6) is 0 Å². The number of aromatic amines is 1. The molecule has 0 radical (unpaired) electrons. The molecule has 0 fully saturated rings. The molecule has 1 aromatic heterocycles. The molecule has 13 heavy (non-hydrogen) atoms. The summed E-state index contributed by atoms with van der Waals surface area (Å²) in [6.45, 7) is -0.376. The highest BCUT2D eigenvalue weighted by Crippen LogP contribution is 2.29. The number of rotatable bonds is 2. The summed E-state index contributed by atoms with van der Waals surface area (Å²) in [6, 6.07) is 0.609. The van der Waals surface area contributed by atoms with E-state index >= 15 is 0 Å². The standard InChI is InChI=1S/C6H7F4N3/c7-3(2-11)4-1-5(13-12-4)6(8,9)10/h1,3H,2,11H2,(H,12,13). The Morgan fingerprint density at radius 1 is 1.54 bits per heavy atom. The van der Waals surface area contributed by atoms with Crippen LogP contribution in [0.15, 0.2) is 6.07 Å². The maximum Gasteiger partial charge on any atom is 0.435 e. The minimum absolute atomic E-state index is 0.255. The van der Waals surface area contributed by atoms with Crippen molar-refractivity contribution in [2.75, 3.05) is 6.54 Å². The first-order chi connectivity index (χ1) is 5.95. The Labute approximate surface area is 70.9 Å². The summed E-state index contributed by atoms with van der Waals surface area (Å²) in [4.78, 5) is 0. The monoisotopic (exact) mass is 197 g/mol. The molecule has 3 nitrogen and oxygen atoms in total. The summed E-state index contributed by atoms with van der Waals surface area (Å²) < 4.78 is 48.5. The zero-order chi connectivity index (χ0) is 10.1. The van der Waals surface area contributed by atoms with Crippen molar-refractivity contribution in [3.05, 3.63) is 17.5 Å². The fourth-order valence-electron chi connectivity index (χ4n) is 0.769. The van der Waals surface area contributed by atoms with E-state index in [9.17, 15) is 17.6 Å². The van der Waals surface area contributed by atoms with Gasteiger partial charge in [-0.15, -0.1) is 0 Å². The summed E-state index contributed by atoms with van der Waals surface area (Å²) in [5.74, 6) is 0. The van der Waals surface area contributed by atoms with Crippen molar-refractivity contribution in [1.29, 1.82) is 0 Å². The summed E-state index contributed by atoms with van der Waals surface area (Å²) in [5, 5.41) is 4.85. The Hall–Kier alpha value is -1.11. The first-order valence-corrected chi connectivity index (χ1v) is 3.41. The van der Waals surface area contributed by atoms with E-state index in [1.807, 2.05) is 5.10 Å². The molecule has 74 valence electrons. The number of aromatic nitrogens is 2. The van der Waals surface area contributed by atoms with Crippen LogP contribution in [0.3, 0.4) is 0 Å². The predicted molar refractivity (Wildman–Crippen MR) is 36.5 cm³/mol. The van der Waals surface area contributed by atoms with Crippen LogP contribution in [-0.4, -0.2) is 16.7 Å². The molecule has 0 spiro atoms. The Balaban J connectivity index is 2.87. The van der Waals surface area contributed by atoms with Crippen LogP contribution in [0, 0.1) is 0 Å². The molecule has 0 aliphatic heterocycles. The van der Waals surface area contributed by atoms with Gasteiger partial charge in [0.05, 0.1) is 5.69 Å². The molecule has 0 aliphatic rings. The van der Waals surface area contributed by atoms with Gasteiger partial charge in [0.1, 0.15) is 0 Å². The Kier molecular flexibility index (Phi) is 2.55. The van der Waals surface area contributed by atoms with Gasteiger partial charge in [-0.05, 0) is 6.07 Å². The minimum Gasteiger partial charge on any atom is -0.327 e. The number of nitrogens with one attached hydrogen (secondary N) is 1. The quantitative estimate of drug-likeness (QED) is 0.704. The first kappa shape index (κ1) is 9.97. The molecule has 0 bridgehead atoms. The van der Waals surface area contributed by atoms with Crippen molar-refractivity contribution in [2.45, 2.75) is 12.3 Å². The Morgan fingerprint density at radius 3 is 2.54 bits per heavy atom. The van der Waals surface area contributed by atoms with Crippen LogP contribution in [0.1, 0.15) is 17.6 Å². The number of halogens is 4. The van der Waals surface area contributed by atoms with Crippen molar-refractivity contribution in [2.24, 2.45) is 5.73 Å². The number of H-pyrrole nitrogens is 1. The molecule has 3 N–H and O–H groups in total. The van der Waals surface area contributed by atoms with E-state index in [-0.39, 0.29) is 12.2 Å². The molecule has 0 aromatic carbocycles. The molecule has 1 aromatic rings. The molecular formula is C6H7F4N3. The topological polar surface area (TPSA) is 54.7 Å². The second kappa shape index (κ2) is 3.33. The number of alkyl halides is 4. The SMILES string of the molecule is NCC(F)c1cc(C(F)(F)F)n[nH]1. The highest BCUT2D eigenvalue weighted by molar-refractivity contribution is 5.13. The smallest absolute Gasteiger partial charge is 0.327 e. The normalized spacial score (nSPS) is 14.5. The average Bonchev–Trinajstić information content (AvgIpc) is 2.50. The maximum atomic E-state index is 12.7. The third kappa shape index (κ3) is 2.18. The molecule has 1 unspecified atom stereocenters. The van der Waals surface area contributed by atoms with Crippen LogP contribution in [0.4, 0.5) is 17.6 Å². The highest BCUT2D eigenvalue weighted by atomic mass is 19.4. The van der Waals surface area contributed by atoms with Gasteiger partial charge in [0.15, 0.2) is 11.9 Å². The first-order valence-electron chi connectivity index (χ1n) is 3.41. The zero-order valence-corrected chi connectivity index (χ0v) is 6.40. The molecule has 7 heteroatoms. The molecule has 0 amide bonds. The van der Waals surface area contributed by atoms with E-state index in [0.717, 1.165) is 0 Å². The van der Waals surface area contributed by atoms with Gasteiger partial charge >= 0.3 is 6.18 Å². The van der Waals surface area contributed by atoms with E-state index in [4.69, 9.17) is 5.73 Å². The number of nitrogens with two attached hydrogens (primary N) is 1. The van der Waals surface area contributed by atoms with Gasteiger partial charge in [-0.1, -0.05) is 0 Å². The number of hydrogen-bond acceptors (Lipinski definition) is 2. The Morgan fingerprint density at radius 2 is 2.15 bits per heavy atom. The third-order valence-electron chi connectivity index (χ3n) is 1.43. The van der Waals surface area contributed by atoms with Gasteiger partial charge in [0.2, 0.25) is 0 Å². The van der Waals surface area contributed by atoms with Crippen molar-refractivity contribution in [3.63, 3.8) is 0 Å². The fraction of sp³-hybridized carbons (Fsp3) is 0.500. The molecule has 1 rings (SSSR count). The maximum absolute atomic E-state index is 12.7. The van der Waals surface area contributed by atoms with Gasteiger partial charge in [-0.25, -0.2) is 4.39 Å². The van der Waals surface area contributed by atoms with E-state index in [1.54, 1.807) is 0 Å². The summed E-state index contributed by atoms with van der Waals surface area (Å²) >= 11 is 0. The van der Waals surface area contributed by atoms with Gasteiger partial charge in [0, 0.05) is 6.54 Å². The molecule has 0 saturated heterocycles. The lowest BCUT2D eigenvalue weighted by Gasteiger charge is -2.00. The lowest BCUT2D eigenvalue weighted by molar-refractivity contribution is -0.141. The van der Waals surface area contributed by atoms with Gasteiger partial charge in [0.25, 0.3) is 0 Å². The van der Waals surface area contributed by atoms with E-state index < -0.39 is 18.0 Å². The van der Waals surface area contributed by atoms with Crippen molar-refractivity contribution in [3.8, 4) is 0 Å². The van der Waals surface area contributed by atoms with Gasteiger partial charge < -0.3 is 5.73 Å². The van der Waals surface area contributed by atoms with Crippen LogP contribution in [0.2, 0.25) is 0 Å². The molecular weight excluding hydrogens is 190 g/mol. The summed E-state index contributed by atoms with van der Waals surface area (Å²) in [6.07, 6.45) is -6.19. The van der Waals surface area contributed by atoms with Crippen LogP contribution < -0.4 is 5.73 Å². The van der Waals surface area contributed by atoms with E-state index in [0.29, 0.717) is 6.07 Å². The fourth-order valence-corrected chi connectivity index (χ4v) is 0.769. The largest absolute Gasteiger partial charge is 0.435 e. The molecule has 0 saturated carbocycles. The molecule has 1 heterocycles. The highest BCUT2D eigenvalue weighted by Gasteiger charge is 2.34. The van der Waals surface area contributed by atoms with Crippen molar-refractivity contribution < 1.29 is 17.6 Å². The van der Waals surface area contributed by atoms with E-state index in [2.05, 4.69) is 5.10 Å². The van der Waals surface area contributed by atoms with Crippen LogP contribution >= 0.6 is 0 Å². The van der Waals surface area contributed by atoms with Crippen LogP contribution in [-0.2, 0) is 6.18 Å². The third-order valence-corrected chi connectivity index (χ3v) is 1.43. The summed E-state index contributed by atoms with van der Waals surface area (Å²) in [5.41, 5.74) is 3.52. The minimum atomic E-state index is -4.55. The number of nitrogens with zero attached hydrogens (tertiary/aromatic N) is 1. The predicted octanol–water partition coefficient (Wildman–Crippen LogP) is 1.40. The average molecular weight is 197 g/mol. The van der Waals surface area contributed by atoms with Gasteiger partial charge in [-0.2, -0.15) is 18.3 Å². The molecule has 0 aliphatic carbocycles. The molecule has 1 atom stereocenters.